The summed E-state index contributed by atoms with van der Waals surface area (Å²) in [6.07, 6.45) is 7.93. The molecule has 0 fully saturated rings. The van der Waals surface area contributed by atoms with E-state index in [1.54, 1.807) is 6.92 Å². The number of hydrogen-bond donors (Lipinski definition) is 3. The molecule has 0 aliphatic heterocycles. The summed E-state index contributed by atoms with van der Waals surface area (Å²) in [5, 5.41) is 20.6. The minimum atomic E-state index is -4.42. The maximum Gasteiger partial charge on any atom is 0.527 e. The fourth-order valence-electron chi connectivity index (χ4n) is 2.78. The second kappa shape index (κ2) is 21.5. The van der Waals surface area contributed by atoms with Crippen LogP contribution in [0.25, 0.3) is 4.98 Å². The maximum atomic E-state index is 12.2. The molecule has 0 aliphatic rings. The average molecular weight is 525 g/mol. The van der Waals surface area contributed by atoms with Crippen LogP contribution in [0.4, 0.5) is 0 Å². The quantitative estimate of drug-likeness (QED) is 0.0574. The SMILES string of the molecule is CCCCCCOC[C@H](COP(=O)(O)OCCNC(=O)/C([N+]#N)=C(\O)OCC)OCCCCCC. The van der Waals surface area contributed by atoms with Crippen LogP contribution in [0.3, 0.4) is 0 Å². The summed E-state index contributed by atoms with van der Waals surface area (Å²) in [4.78, 5) is 24.5. The van der Waals surface area contributed by atoms with Gasteiger partial charge in [-0.25, -0.2) is 4.57 Å². The molecule has 204 valence electrons. The molecule has 12 nitrogen and oxygen atoms in total. The standard InChI is InChI=1S/C22H42N3O9P/c1-4-7-9-11-14-30-17-19(32-15-12-10-8-5-2)18-34-35(28,29)33-16-13-24-21(26)20(25-23)22(27)31-6-3/h19H,4-18H2,1-3H3,(H2-,24,26,27,28,29)/p+1/t19-/m1/s1. The van der Waals surface area contributed by atoms with Crippen molar-refractivity contribution in [3.8, 4) is 0 Å². The van der Waals surface area contributed by atoms with Gasteiger partial charge in [0.2, 0.25) is 5.39 Å². The molecule has 0 bridgehead atoms. The fourth-order valence-corrected chi connectivity index (χ4v) is 3.53. The van der Waals surface area contributed by atoms with E-state index in [1.165, 1.54) is 0 Å². The molecule has 1 unspecified atom stereocenters. The molecule has 0 radical (unpaired) electrons. The first-order valence-electron chi connectivity index (χ1n) is 12.3. The Balaban J connectivity index is 4.49. The molecule has 0 saturated carbocycles. The Hall–Kier alpha value is -1.74. The number of ether oxygens (including phenoxy) is 3. The van der Waals surface area contributed by atoms with E-state index in [0.29, 0.717) is 13.2 Å². The largest absolute Gasteiger partial charge is 0.527 e. The lowest BCUT2D eigenvalue weighted by molar-refractivity contribution is -0.117. The van der Waals surface area contributed by atoms with Gasteiger partial charge in [0.1, 0.15) is 6.10 Å². The lowest BCUT2D eigenvalue weighted by Gasteiger charge is -2.20. The molecule has 0 aliphatic carbocycles. The number of rotatable bonds is 23. The summed E-state index contributed by atoms with van der Waals surface area (Å²) >= 11 is 0. The molecule has 0 aromatic heterocycles. The Morgan fingerprint density at radius 3 is 2.23 bits per heavy atom. The number of aliphatic hydroxyl groups excluding tert-OH is 1. The van der Waals surface area contributed by atoms with Gasteiger partial charge in [-0.3, -0.25) is 13.8 Å². The second-order valence-corrected chi connectivity index (χ2v) is 9.18. The van der Waals surface area contributed by atoms with Crippen LogP contribution < -0.4 is 5.32 Å². The maximum absolute atomic E-state index is 12.2. The number of carbonyl (C=O) groups excluding carboxylic acids is 1. The summed E-state index contributed by atoms with van der Waals surface area (Å²) in [5.41, 5.74) is -0.732. The molecular weight excluding hydrogens is 481 g/mol. The van der Waals surface area contributed by atoms with E-state index in [2.05, 4.69) is 24.1 Å². The fraction of sp³-hybridized carbons (Fsp3) is 0.864. The molecule has 3 N–H and O–H groups in total. The summed E-state index contributed by atoms with van der Waals surface area (Å²) in [5.74, 6) is -1.80. The van der Waals surface area contributed by atoms with Crippen molar-refractivity contribution in [3.05, 3.63) is 16.6 Å². The van der Waals surface area contributed by atoms with Gasteiger partial charge in [0, 0.05) is 19.8 Å². The zero-order valence-electron chi connectivity index (χ0n) is 21.3. The zero-order valence-corrected chi connectivity index (χ0v) is 22.2. The number of nitrogens with one attached hydrogen (secondary N) is 1. The number of aliphatic hydroxyl groups is 1. The number of diazo groups is 1. The molecule has 0 spiro atoms. The topological polar surface area (TPSA) is 161 Å². The van der Waals surface area contributed by atoms with Crippen LogP contribution in [0.2, 0.25) is 0 Å². The van der Waals surface area contributed by atoms with Crippen molar-refractivity contribution in [3.63, 3.8) is 0 Å². The highest BCUT2D eigenvalue weighted by molar-refractivity contribution is 7.47. The van der Waals surface area contributed by atoms with Gasteiger partial charge in [0.05, 0.1) is 26.4 Å². The van der Waals surface area contributed by atoms with Gasteiger partial charge in [-0.15, -0.1) is 0 Å². The van der Waals surface area contributed by atoms with Crippen LogP contribution >= 0.6 is 7.82 Å². The van der Waals surface area contributed by atoms with Crippen molar-refractivity contribution in [2.24, 2.45) is 0 Å². The number of carbonyl (C=O) groups is 1. The summed E-state index contributed by atoms with van der Waals surface area (Å²) in [6.45, 7) is 6.41. The van der Waals surface area contributed by atoms with E-state index in [4.69, 9.17) is 28.7 Å². The van der Waals surface area contributed by atoms with Crippen LogP contribution in [0.5, 0.6) is 0 Å². The van der Waals surface area contributed by atoms with Gasteiger partial charge < -0.3 is 29.5 Å². The lowest BCUT2D eigenvalue weighted by Crippen LogP contribution is -2.29. The first-order valence-corrected chi connectivity index (χ1v) is 13.8. The van der Waals surface area contributed by atoms with Crippen LogP contribution in [-0.2, 0) is 32.6 Å². The Morgan fingerprint density at radius 1 is 0.971 bits per heavy atom. The van der Waals surface area contributed by atoms with E-state index < -0.39 is 31.5 Å². The van der Waals surface area contributed by atoms with Gasteiger partial charge in [0.25, 0.3) is 0 Å². The zero-order chi connectivity index (χ0) is 26.4. The first-order chi connectivity index (χ1) is 16.8. The van der Waals surface area contributed by atoms with Crippen LogP contribution in [0.15, 0.2) is 11.6 Å². The molecule has 2 atom stereocenters. The number of phosphoric acid groups is 1. The number of hydrogen-bond acceptors (Lipinski definition) is 9. The Labute approximate surface area is 208 Å². The Bertz CT molecular complexity index is 686. The van der Waals surface area contributed by atoms with Gasteiger partial charge in [-0.1, -0.05) is 52.4 Å². The minimum Gasteiger partial charge on any atom is -0.475 e. The van der Waals surface area contributed by atoms with Crippen LogP contribution in [-0.4, -0.2) is 68.2 Å². The molecular formula is C22H43N3O9P+. The van der Waals surface area contributed by atoms with Crippen molar-refractivity contribution in [1.82, 2.24) is 5.32 Å². The van der Waals surface area contributed by atoms with Gasteiger partial charge in [0.15, 0.2) is 4.98 Å². The summed E-state index contributed by atoms with van der Waals surface area (Å²) in [7, 11) is -4.42. The van der Waals surface area contributed by atoms with E-state index in [-0.39, 0.29) is 33.0 Å². The molecule has 13 heteroatoms. The third kappa shape index (κ3) is 18.2. The predicted octanol–water partition coefficient (Wildman–Crippen LogP) is 4.42. The highest BCUT2D eigenvalue weighted by Crippen LogP contribution is 2.43. The van der Waals surface area contributed by atoms with E-state index in [1.807, 2.05) is 0 Å². The number of unbranched alkanes of at least 4 members (excludes halogenated alkanes) is 6. The normalized spacial score (nSPS) is 14.5. The van der Waals surface area contributed by atoms with Crippen molar-refractivity contribution in [1.29, 1.82) is 5.39 Å². The highest BCUT2D eigenvalue weighted by Gasteiger charge is 2.31. The number of amides is 1. The van der Waals surface area contributed by atoms with Crippen molar-refractivity contribution < 1.29 is 42.6 Å². The monoisotopic (exact) mass is 524 g/mol. The predicted molar refractivity (Wildman–Crippen MR) is 130 cm³/mol. The third-order valence-electron chi connectivity index (χ3n) is 4.66. The Morgan fingerprint density at radius 2 is 1.63 bits per heavy atom. The minimum absolute atomic E-state index is 0.0552. The molecule has 35 heavy (non-hydrogen) atoms. The second-order valence-electron chi connectivity index (χ2n) is 7.73. The van der Waals surface area contributed by atoms with Crippen LogP contribution in [0.1, 0.15) is 72.1 Å². The van der Waals surface area contributed by atoms with E-state index in [9.17, 15) is 19.4 Å². The van der Waals surface area contributed by atoms with Crippen LogP contribution in [0, 0.1) is 5.39 Å². The molecule has 0 saturated heterocycles. The Kier molecular flexibility index (Phi) is 20.5. The number of nitrogens with zero attached hydrogens (tertiary/aromatic N) is 2. The van der Waals surface area contributed by atoms with Crippen molar-refractivity contribution >= 4 is 13.7 Å². The van der Waals surface area contributed by atoms with Gasteiger partial charge in [-0.05, 0) is 19.8 Å². The van der Waals surface area contributed by atoms with Gasteiger partial charge in [-0.2, -0.15) is 0 Å². The molecule has 0 heterocycles. The van der Waals surface area contributed by atoms with E-state index >= 15 is 0 Å². The summed E-state index contributed by atoms with van der Waals surface area (Å²) in [6, 6.07) is 0. The highest BCUT2D eigenvalue weighted by atomic mass is 31.2. The average Bonchev–Trinajstić information content (AvgIpc) is 2.82. The summed E-state index contributed by atoms with van der Waals surface area (Å²) < 4.78 is 38.2. The molecule has 0 aromatic carbocycles. The van der Waals surface area contributed by atoms with E-state index in [0.717, 1.165) is 51.4 Å². The van der Waals surface area contributed by atoms with Crippen molar-refractivity contribution in [2.45, 2.75) is 78.2 Å². The first kappa shape index (κ1) is 33.3. The van der Waals surface area contributed by atoms with Gasteiger partial charge >= 0.3 is 25.4 Å². The smallest absolute Gasteiger partial charge is 0.475 e. The molecule has 0 rings (SSSR count). The molecule has 1 amide bonds. The third-order valence-corrected chi connectivity index (χ3v) is 5.65. The molecule has 0 aromatic rings. The lowest BCUT2D eigenvalue weighted by atomic mass is 10.2. The number of phosphoric ester groups is 1. The van der Waals surface area contributed by atoms with Crippen molar-refractivity contribution in [2.75, 3.05) is 46.2 Å².